The third-order valence-electron chi connectivity index (χ3n) is 8.22. The molecule has 18 heteroatoms. The van der Waals surface area contributed by atoms with Crippen LogP contribution in [0.2, 0.25) is 0 Å². The Labute approximate surface area is 355 Å². The van der Waals surface area contributed by atoms with Crippen LogP contribution in [-0.4, -0.2) is 188 Å². The van der Waals surface area contributed by atoms with Crippen molar-refractivity contribution in [2.75, 3.05) is 172 Å². The molecule has 0 spiro atoms. The first-order chi connectivity index (χ1) is 29.0. The SMILES string of the molecule is C=CCOCCOCCOCCOCCOCCOCCOCCOCCOCCOCCOCCOCCOC(CCCCCCCCCCCC)COP(=O)(O)O. The minimum Gasteiger partial charge on any atom is -0.377 e. The molecule has 2 N–H and O–H groups in total. The van der Waals surface area contributed by atoms with E-state index in [9.17, 15) is 4.57 Å². The molecular weight excluding hydrogens is 795 g/mol. The molecule has 0 fully saturated rings. The van der Waals surface area contributed by atoms with Gasteiger partial charge in [0.05, 0.1) is 178 Å². The van der Waals surface area contributed by atoms with E-state index in [-0.39, 0.29) is 12.7 Å². The van der Waals surface area contributed by atoms with Crippen LogP contribution in [0.25, 0.3) is 0 Å². The first kappa shape index (κ1) is 58.3. The van der Waals surface area contributed by atoms with Gasteiger partial charge in [-0.3, -0.25) is 4.52 Å². The second kappa shape index (κ2) is 50.0. The third kappa shape index (κ3) is 53.4. The van der Waals surface area contributed by atoms with Crippen molar-refractivity contribution in [3.8, 4) is 0 Å². The first-order valence-corrected chi connectivity index (χ1v) is 23.4. The fraction of sp³-hybridized carbons (Fsp3) is 0.951. The highest BCUT2D eigenvalue weighted by atomic mass is 31.2. The molecular formula is C41H83O17P. The van der Waals surface area contributed by atoms with Gasteiger partial charge >= 0.3 is 7.82 Å². The minimum absolute atomic E-state index is 0.140. The molecule has 0 aliphatic heterocycles. The van der Waals surface area contributed by atoms with Gasteiger partial charge in [0.2, 0.25) is 0 Å². The standard InChI is InChI=1S/C41H83O17P/c1-3-5-6-7-8-9-10-11-12-13-14-41(40-58-59(42,43)44)57-39-38-56-37-36-55-35-34-54-33-32-53-31-30-52-29-28-51-27-26-50-25-24-49-23-22-48-21-20-47-19-18-46-17-16-45-15-4-2/h4,41H,2-3,5-40H2,1H3,(H2,42,43,44). The maximum Gasteiger partial charge on any atom is 0.469 e. The molecule has 17 nitrogen and oxygen atoms in total. The summed E-state index contributed by atoms with van der Waals surface area (Å²) in [6, 6.07) is 0. The summed E-state index contributed by atoms with van der Waals surface area (Å²) in [7, 11) is -4.54. The van der Waals surface area contributed by atoms with E-state index in [1.165, 1.54) is 44.9 Å². The molecule has 0 aliphatic carbocycles. The molecule has 0 bridgehead atoms. The van der Waals surface area contributed by atoms with Gasteiger partial charge < -0.3 is 71.4 Å². The van der Waals surface area contributed by atoms with Crippen molar-refractivity contribution in [1.29, 1.82) is 0 Å². The van der Waals surface area contributed by atoms with Gasteiger partial charge in [0, 0.05) is 0 Å². The second-order valence-electron chi connectivity index (χ2n) is 13.3. The van der Waals surface area contributed by atoms with Gasteiger partial charge in [0.15, 0.2) is 0 Å². The van der Waals surface area contributed by atoms with Crippen LogP contribution in [0.1, 0.15) is 77.6 Å². The lowest BCUT2D eigenvalue weighted by Gasteiger charge is -2.18. The predicted molar refractivity (Wildman–Crippen MR) is 224 cm³/mol. The molecule has 0 aromatic rings. The van der Waals surface area contributed by atoms with Crippen molar-refractivity contribution in [1.82, 2.24) is 0 Å². The Morgan fingerprint density at radius 1 is 0.424 bits per heavy atom. The van der Waals surface area contributed by atoms with Crippen LogP contribution < -0.4 is 0 Å². The molecule has 0 heterocycles. The number of phosphoric ester groups is 1. The smallest absolute Gasteiger partial charge is 0.377 e. The highest BCUT2D eigenvalue weighted by Crippen LogP contribution is 2.36. The van der Waals surface area contributed by atoms with Crippen molar-refractivity contribution in [3.05, 3.63) is 12.7 Å². The zero-order valence-corrected chi connectivity index (χ0v) is 37.4. The van der Waals surface area contributed by atoms with Gasteiger partial charge in [-0.1, -0.05) is 77.2 Å². The number of hydrogen-bond acceptors (Lipinski definition) is 15. The van der Waals surface area contributed by atoms with Gasteiger partial charge in [0.25, 0.3) is 0 Å². The van der Waals surface area contributed by atoms with Crippen molar-refractivity contribution in [2.24, 2.45) is 0 Å². The summed E-state index contributed by atoms with van der Waals surface area (Å²) in [5, 5.41) is 0. The van der Waals surface area contributed by atoms with E-state index in [1.54, 1.807) is 6.08 Å². The average Bonchev–Trinajstić information content (AvgIpc) is 3.22. The van der Waals surface area contributed by atoms with Crippen LogP contribution in [0, 0.1) is 0 Å². The molecule has 0 radical (unpaired) electrons. The number of hydrogen-bond donors (Lipinski definition) is 2. The number of ether oxygens (including phenoxy) is 13. The van der Waals surface area contributed by atoms with E-state index in [4.69, 9.17) is 75.9 Å². The van der Waals surface area contributed by atoms with E-state index in [1.807, 2.05) is 0 Å². The van der Waals surface area contributed by atoms with Gasteiger partial charge in [-0.2, -0.15) is 0 Å². The topological polar surface area (TPSA) is 187 Å². The van der Waals surface area contributed by atoms with E-state index in [0.29, 0.717) is 172 Å². The summed E-state index contributed by atoms with van der Waals surface area (Å²) in [6.45, 7) is 17.6. The van der Waals surface area contributed by atoms with Crippen molar-refractivity contribution in [2.45, 2.75) is 83.7 Å². The Morgan fingerprint density at radius 3 is 0.983 bits per heavy atom. The Hall–Kier alpha value is -0.670. The van der Waals surface area contributed by atoms with Crippen LogP contribution in [0.4, 0.5) is 0 Å². The molecule has 0 aromatic heterocycles. The maximum absolute atomic E-state index is 11.2. The highest BCUT2D eigenvalue weighted by Gasteiger charge is 2.18. The predicted octanol–water partition coefficient (Wildman–Crippen LogP) is 5.18. The van der Waals surface area contributed by atoms with E-state index in [0.717, 1.165) is 19.3 Å². The van der Waals surface area contributed by atoms with E-state index >= 15 is 0 Å². The van der Waals surface area contributed by atoms with E-state index < -0.39 is 7.82 Å². The van der Waals surface area contributed by atoms with Crippen LogP contribution in [0.3, 0.4) is 0 Å². The summed E-state index contributed by atoms with van der Waals surface area (Å²) < 4.78 is 87.2. The van der Waals surface area contributed by atoms with Gasteiger partial charge in [0.1, 0.15) is 0 Å². The second-order valence-corrected chi connectivity index (χ2v) is 14.6. The van der Waals surface area contributed by atoms with Gasteiger partial charge in [-0.05, 0) is 6.42 Å². The van der Waals surface area contributed by atoms with Gasteiger partial charge in [-0.25, -0.2) is 4.57 Å². The maximum atomic E-state index is 11.2. The summed E-state index contributed by atoms with van der Waals surface area (Å²) in [6.07, 6.45) is 14.2. The molecule has 0 saturated heterocycles. The molecule has 59 heavy (non-hydrogen) atoms. The first-order valence-electron chi connectivity index (χ1n) is 21.8. The number of unbranched alkanes of at least 4 members (excludes halogenated alkanes) is 9. The Kier molecular flexibility index (Phi) is 49.4. The molecule has 1 unspecified atom stereocenters. The number of rotatable bonds is 53. The van der Waals surface area contributed by atoms with Crippen LogP contribution in [-0.2, 0) is 70.7 Å². The lowest BCUT2D eigenvalue weighted by Crippen LogP contribution is -2.22. The fourth-order valence-electron chi connectivity index (χ4n) is 5.11. The van der Waals surface area contributed by atoms with Gasteiger partial charge in [-0.15, -0.1) is 6.58 Å². The monoisotopic (exact) mass is 879 g/mol. The van der Waals surface area contributed by atoms with Crippen molar-refractivity contribution < 1.29 is 80.5 Å². The Balaban J connectivity index is 3.36. The lowest BCUT2D eigenvalue weighted by atomic mass is 10.0. The molecule has 1 atom stereocenters. The normalized spacial score (nSPS) is 12.5. The Morgan fingerprint density at radius 2 is 0.695 bits per heavy atom. The van der Waals surface area contributed by atoms with Crippen molar-refractivity contribution in [3.63, 3.8) is 0 Å². The lowest BCUT2D eigenvalue weighted by molar-refractivity contribution is -0.0383. The summed E-state index contributed by atoms with van der Waals surface area (Å²) in [5.41, 5.74) is 0. The van der Waals surface area contributed by atoms with E-state index in [2.05, 4.69) is 13.5 Å². The van der Waals surface area contributed by atoms with Crippen LogP contribution in [0.15, 0.2) is 12.7 Å². The van der Waals surface area contributed by atoms with Crippen molar-refractivity contribution >= 4 is 7.82 Å². The zero-order chi connectivity index (χ0) is 42.8. The van der Waals surface area contributed by atoms with Crippen LogP contribution >= 0.6 is 7.82 Å². The molecule has 0 aromatic carbocycles. The number of phosphoric acid groups is 1. The van der Waals surface area contributed by atoms with Crippen LogP contribution in [0.5, 0.6) is 0 Å². The Bertz CT molecular complexity index is 857. The quantitative estimate of drug-likeness (QED) is 0.0462. The fourth-order valence-corrected chi connectivity index (χ4v) is 5.47. The average molecular weight is 879 g/mol. The zero-order valence-electron chi connectivity index (χ0n) is 36.5. The summed E-state index contributed by atoms with van der Waals surface area (Å²) >= 11 is 0. The summed E-state index contributed by atoms with van der Waals surface area (Å²) in [4.78, 5) is 18.2. The molecule has 0 amide bonds. The molecule has 0 aliphatic rings. The molecule has 354 valence electrons. The summed E-state index contributed by atoms with van der Waals surface area (Å²) in [5.74, 6) is 0. The highest BCUT2D eigenvalue weighted by molar-refractivity contribution is 7.46. The molecule has 0 rings (SSSR count). The largest absolute Gasteiger partial charge is 0.469 e. The minimum atomic E-state index is -4.54. The third-order valence-corrected chi connectivity index (χ3v) is 8.70. The molecule has 0 saturated carbocycles.